The number of benzene rings is 2. The summed E-state index contributed by atoms with van der Waals surface area (Å²) in [5, 5.41) is 5.17. The maximum Gasteiger partial charge on any atom is 0.277 e. The Bertz CT molecular complexity index is 1180. The van der Waals surface area contributed by atoms with Crippen molar-refractivity contribution in [2.75, 3.05) is 12.4 Å². The molecule has 0 aliphatic heterocycles. The van der Waals surface area contributed by atoms with E-state index in [9.17, 15) is 4.79 Å². The van der Waals surface area contributed by atoms with Crippen LogP contribution in [0.4, 0.5) is 5.13 Å². The van der Waals surface area contributed by atoms with Crippen molar-refractivity contribution in [1.82, 2.24) is 15.0 Å². The number of hydrogen-bond donors (Lipinski definition) is 1. The number of carbonyl (C=O) groups is 1. The van der Waals surface area contributed by atoms with E-state index >= 15 is 0 Å². The SMILES string of the molecule is COc1ccc(Oc2c(C)cc(-c3csc(NC(=O)c4cnccn4)n3)cc2C)cc1. The number of hydrogen-bond acceptors (Lipinski definition) is 7. The summed E-state index contributed by atoms with van der Waals surface area (Å²) in [6, 6.07) is 11.5. The normalized spacial score (nSPS) is 10.5. The van der Waals surface area contributed by atoms with Crippen LogP contribution in [-0.2, 0) is 0 Å². The fourth-order valence-electron chi connectivity index (χ4n) is 3.06. The highest BCUT2D eigenvalue weighted by molar-refractivity contribution is 7.14. The van der Waals surface area contributed by atoms with Crippen molar-refractivity contribution in [3.05, 3.63) is 77.2 Å². The fraction of sp³-hybridized carbons (Fsp3) is 0.130. The average Bonchev–Trinajstić information content (AvgIpc) is 3.25. The largest absolute Gasteiger partial charge is 0.497 e. The van der Waals surface area contributed by atoms with Crippen LogP contribution in [0.3, 0.4) is 0 Å². The summed E-state index contributed by atoms with van der Waals surface area (Å²) in [5.41, 5.74) is 3.95. The standard InChI is InChI=1S/C23H20N4O3S/c1-14-10-16(11-15(2)21(14)30-18-6-4-17(29-3)5-7-18)20-13-31-23(26-20)27-22(28)19-12-24-8-9-25-19/h4-13H,1-3H3,(H,26,27,28). The van der Waals surface area contributed by atoms with Gasteiger partial charge in [-0.1, -0.05) is 0 Å². The predicted molar refractivity (Wildman–Crippen MR) is 120 cm³/mol. The molecule has 0 radical (unpaired) electrons. The molecule has 0 saturated heterocycles. The van der Waals surface area contributed by atoms with E-state index in [-0.39, 0.29) is 11.6 Å². The Balaban J connectivity index is 1.52. The van der Waals surface area contributed by atoms with Gasteiger partial charge < -0.3 is 9.47 Å². The number of methoxy groups -OCH3 is 1. The van der Waals surface area contributed by atoms with Gasteiger partial charge in [0, 0.05) is 23.3 Å². The molecule has 0 aliphatic carbocycles. The van der Waals surface area contributed by atoms with Gasteiger partial charge in [0.25, 0.3) is 5.91 Å². The van der Waals surface area contributed by atoms with E-state index in [1.54, 1.807) is 7.11 Å². The highest BCUT2D eigenvalue weighted by Gasteiger charge is 2.14. The quantitative estimate of drug-likeness (QED) is 0.447. The first-order valence-corrected chi connectivity index (χ1v) is 10.4. The summed E-state index contributed by atoms with van der Waals surface area (Å²) in [6.07, 6.45) is 4.41. The molecule has 2 aromatic heterocycles. The summed E-state index contributed by atoms with van der Waals surface area (Å²) in [6.45, 7) is 4.00. The molecule has 8 heteroatoms. The molecule has 0 spiro atoms. The van der Waals surface area contributed by atoms with Gasteiger partial charge in [0.2, 0.25) is 0 Å². The maximum absolute atomic E-state index is 12.3. The van der Waals surface area contributed by atoms with Gasteiger partial charge in [-0.3, -0.25) is 15.1 Å². The van der Waals surface area contributed by atoms with Crippen molar-refractivity contribution in [1.29, 1.82) is 0 Å². The van der Waals surface area contributed by atoms with Crippen molar-refractivity contribution in [3.8, 4) is 28.5 Å². The number of amides is 1. The second-order valence-electron chi connectivity index (χ2n) is 6.80. The van der Waals surface area contributed by atoms with Crippen LogP contribution in [0.15, 0.2) is 60.4 Å². The van der Waals surface area contributed by atoms with Gasteiger partial charge in [0.15, 0.2) is 5.13 Å². The van der Waals surface area contributed by atoms with Crippen molar-refractivity contribution < 1.29 is 14.3 Å². The molecule has 4 rings (SSSR count). The molecule has 0 aliphatic rings. The molecule has 0 fully saturated rings. The molecular formula is C23H20N4O3S. The topological polar surface area (TPSA) is 86.2 Å². The molecule has 0 saturated carbocycles. The summed E-state index contributed by atoms with van der Waals surface area (Å²) < 4.78 is 11.3. The lowest BCUT2D eigenvalue weighted by atomic mass is 10.0. The van der Waals surface area contributed by atoms with Crippen LogP contribution < -0.4 is 14.8 Å². The monoisotopic (exact) mass is 432 g/mol. The summed E-state index contributed by atoms with van der Waals surface area (Å²) in [5.74, 6) is 1.98. The average molecular weight is 433 g/mol. The van der Waals surface area contributed by atoms with E-state index in [2.05, 4.69) is 20.3 Å². The van der Waals surface area contributed by atoms with Crippen molar-refractivity contribution in [3.63, 3.8) is 0 Å². The van der Waals surface area contributed by atoms with Crippen LogP contribution in [0, 0.1) is 13.8 Å². The molecule has 2 aromatic carbocycles. The predicted octanol–water partition coefficient (Wildman–Crippen LogP) is 5.27. The summed E-state index contributed by atoms with van der Waals surface area (Å²) in [7, 11) is 1.63. The number of nitrogens with zero attached hydrogens (tertiary/aromatic N) is 3. The number of carbonyl (C=O) groups excluding carboxylic acids is 1. The minimum absolute atomic E-state index is 0.242. The van der Waals surface area contributed by atoms with Crippen LogP contribution in [0.1, 0.15) is 21.6 Å². The molecule has 31 heavy (non-hydrogen) atoms. The third kappa shape index (κ3) is 4.70. The van der Waals surface area contributed by atoms with E-state index in [0.29, 0.717) is 5.13 Å². The van der Waals surface area contributed by atoms with Crippen LogP contribution in [0.25, 0.3) is 11.3 Å². The molecule has 2 heterocycles. The number of aryl methyl sites for hydroxylation is 2. The molecule has 7 nitrogen and oxygen atoms in total. The molecule has 0 bridgehead atoms. The molecule has 4 aromatic rings. The molecule has 0 unspecified atom stereocenters. The number of anilines is 1. The third-order valence-corrected chi connectivity index (χ3v) is 5.31. The zero-order valence-corrected chi connectivity index (χ0v) is 18.1. The minimum Gasteiger partial charge on any atom is -0.497 e. The number of nitrogens with one attached hydrogen (secondary N) is 1. The lowest BCUT2D eigenvalue weighted by molar-refractivity contribution is 0.102. The molecule has 1 N–H and O–H groups in total. The molecule has 0 atom stereocenters. The summed E-state index contributed by atoms with van der Waals surface area (Å²) >= 11 is 1.36. The fourth-order valence-corrected chi connectivity index (χ4v) is 3.78. The van der Waals surface area contributed by atoms with Gasteiger partial charge in [-0.15, -0.1) is 11.3 Å². The van der Waals surface area contributed by atoms with E-state index in [1.807, 2.05) is 55.6 Å². The highest BCUT2D eigenvalue weighted by Crippen LogP contribution is 2.34. The Kier molecular flexibility index (Phi) is 5.90. The Labute approximate surface area is 183 Å². The Morgan fingerprint density at radius 3 is 2.39 bits per heavy atom. The maximum atomic E-state index is 12.3. The number of ether oxygens (including phenoxy) is 2. The zero-order chi connectivity index (χ0) is 21.8. The summed E-state index contributed by atoms with van der Waals surface area (Å²) in [4.78, 5) is 24.7. The second-order valence-corrected chi connectivity index (χ2v) is 7.66. The lowest BCUT2D eigenvalue weighted by Gasteiger charge is -2.13. The van der Waals surface area contributed by atoms with E-state index in [0.717, 1.165) is 39.6 Å². The molecular weight excluding hydrogens is 412 g/mol. The minimum atomic E-state index is -0.343. The second kappa shape index (κ2) is 8.93. The van der Waals surface area contributed by atoms with Gasteiger partial charge in [-0.2, -0.15) is 0 Å². The van der Waals surface area contributed by atoms with Crippen LogP contribution >= 0.6 is 11.3 Å². The first kappa shape index (κ1) is 20.5. The van der Waals surface area contributed by atoms with Crippen LogP contribution in [0.2, 0.25) is 0 Å². The van der Waals surface area contributed by atoms with E-state index < -0.39 is 0 Å². The smallest absolute Gasteiger partial charge is 0.277 e. The number of rotatable bonds is 6. The van der Waals surface area contributed by atoms with Gasteiger partial charge in [-0.05, 0) is 61.4 Å². The van der Waals surface area contributed by atoms with Gasteiger partial charge in [0.05, 0.1) is 19.0 Å². The van der Waals surface area contributed by atoms with Crippen LogP contribution in [-0.4, -0.2) is 28.0 Å². The lowest BCUT2D eigenvalue weighted by Crippen LogP contribution is -2.13. The first-order chi connectivity index (χ1) is 15.0. The number of thiazole rings is 1. The van der Waals surface area contributed by atoms with Crippen LogP contribution in [0.5, 0.6) is 17.2 Å². The molecule has 156 valence electrons. The van der Waals surface area contributed by atoms with Gasteiger partial charge in [-0.25, -0.2) is 9.97 Å². The Hall–Kier alpha value is -3.78. The highest BCUT2D eigenvalue weighted by atomic mass is 32.1. The number of aromatic nitrogens is 3. The molecule has 1 amide bonds. The Morgan fingerprint density at radius 2 is 1.74 bits per heavy atom. The van der Waals surface area contributed by atoms with E-state index in [4.69, 9.17) is 9.47 Å². The zero-order valence-electron chi connectivity index (χ0n) is 17.2. The van der Waals surface area contributed by atoms with Gasteiger partial charge in [0.1, 0.15) is 22.9 Å². The third-order valence-electron chi connectivity index (χ3n) is 4.56. The van der Waals surface area contributed by atoms with E-state index in [1.165, 1.54) is 29.9 Å². The van der Waals surface area contributed by atoms with Crippen molar-refractivity contribution in [2.45, 2.75) is 13.8 Å². The van der Waals surface area contributed by atoms with Gasteiger partial charge >= 0.3 is 0 Å². The van der Waals surface area contributed by atoms with Crippen molar-refractivity contribution >= 4 is 22.4 Å². The van der Waals surface area contributed by atoms with Crippen molar-refractivity contribution in [2.24, 2.45) is 0 Å². The Morgan fingerprint density at radius 1 is 1.03 bits per heavy atom. The first-order valence-electron chi connectivity index (χ1n) is 9.50.